The first-order valence-electron chi connectivity index (χ1n) is 9.01. The summed E-state index contributed by atoms with van der Waals surface area (Å²) in [5.41, 5.74) is 0. The summed E-state index contributed by atoms with van der Waals surface area (Å²) >= 11 is 0. The second-order valence-electron chi connectivity index (χ2n) is 7.24. The van der Waals surface area contributed by atoms with Crippen LogP contribution in [-0.4, -0.2) is 37.1 Å². The first kappa shape index (κ1) is 18.0. The zero-order valence-corrected chi connectivity index (χ0v) is 14.6. The van der Waals surface area contributed by atoms with Crippen LogP contribution in [0.25, 0.3) is 0 Å². The van der Waals surface area contributed by atoms with Crippen molar-refractivity contribution in [3.63, 3.8) is 0 Å². The van der Waals surface area contributed by atoms with Crippen LogP contribution in [0.4, 0.5) is 0 Å². The van der Waals surface area contributed by atoms with Crippen molar-refractivity contribution in [2.24, 2.45) is 11.8 Å². The molecule has 0 aliphatic heterocycles. The highest BCUT2D eigenvalue weighted by atomic mass is 15.2. The molecule has 1 unspecified atom stereocenters. The van der Waals surface area contributed by atoms with Gasteiger partial charge in [0.05, 0.1) is 0 Å². The molecule has 0 saturated heterocycles. The van der Waals surface area contributed by atoms with Crippen LogP contribution < -0.4 is 5.32 Å². The molecule has 1 aliphatic carbocycles. The molecule has 1 fully saturated rings. The lowest BCUT2D eigenvalue weighted by atomic mass is 9.83. The second-order valence-corrected chi connectivity index (χ2v) is 7.24. The molecule has 0 bridgehead atoms. The van der Waals surface area contributed by atoms with Crippen LogP contribution >= 0.6 is 0 Å². The third kappa shape index (κ3) is 6.13. The highest BCUT2D eigenvalue weighted by molar-refractivity contribution is 4.82. The maximum Gasteiger partial charge on any atom is 0.0220 e. The van der Waals surface area contributed by atoms with Crippen molar-refractivity contribution in [1.29, 1.82) is 0 Å². The number of hydrogen-bond donors (Lipinski definition) is 1. The number of nitrogens with one attached hydrogen (secondary N) is 1. The van der Waals surface area contributed by atoms with Crippen LogP contribution in [-0.2, 0) is 0 Å². The van der Waals surface area contributed by atoms with Gasteiger partial charge in [-0.3, -0.25) is 4.90 Å². The van der Waals surface area contributed by atoms with Gasteiger partial charge in [0.1, 0.15) is 0 Å². The summed E-state index contributed by atoms with van der Waals surface area (Å²) in [6.07, 6.45) is 9.73. The zero-order chi connectivity index (χ0) is 15.0. The largest absolute Gasteiger partial charge is 0.315 e. The molecular weight excluding hydrogens is 244 g/mol. The van der Waals surface area contributed by atoms with Crippen molar-refractivity contribution in [2.45, 2.75) is 84.7 Å². The molecule has 0 aromatic carbocycles. The number of hydrogen-bond acceptors (Lipinski definition) is 2. The maximum atomic E-state index is 3.67. The molecule has 0 aromatic heterocycles. The van der Waals surface area contributed by atoms with Gasteiger partial charge in [-0.15, -0.1) is 0 Å². The summed E-state index contributed by atoms with van der Waals surface area (Å²) in [6.45, 7) is 11.6. The van der Waals surface area contributed by atoms with Gasteiger partial charge in [-0.05, 0) is 57.5 Å². The lowest BCUT2D eigenvalue weighted by Gasteiger charge is -2.39. The van der Waals surface area contributed by atoms with Crippen molar-refractivity contribution in [3.8, 4) is 0 Å². The van der Waals surface area contributed by atoms with E-state index >= 15 is 0 Å². The summed E-state index contributed by atoms with van der Waals surface area (Å²) in [6, 6.07) is 1.55. The molecule has 20 heavy (non-hydrogen) atoms. The topological polar surface area (TPSA) is 15.3 Å². The third-order valence-corrected chi connectivity index (χ3v) is 5.10. The van der Waals surface area contributed by atoms with Gasteiger partial charge in [-0.25, -0.2) is 0 Å². The van der Waals surface area contributed by atoms with Gasteiger partial charge in [-0.2, -0.15) is 0 Å². The lowest BCUT2D eigenvalue weighted by Crippen LogP contribution is -2.47. The summed E-state index contributed by atoms with van der Waals surface area (Å²) in [4.78, 5) is 2.70. The Kier molecular flexibility index (Phi) is 8.79. The predicted octanol–water partition coefficient (Wildman–Crippen LogP) is 4.30. The molecule has 0 aromatic rings. The molecule has 2 heteroatoms. The van der Waals surface area contributed by atoms with E-state index in [0.29, 0.717) is 0 Å². The van der Waals surface area contributed by atoms with Crippen molar-refractivity contribution >= 4 is 0 Å². The molecule has 1 aliphatic rings. The Bertz CT molecular complexity index is 232. The third-order valence-electron chi connectivity index (χ3n) is 5.10. The van der Waals surface area contributed by atoms with Crippen LogP contribution in [0.3, 0.4) is 0 Å². The van der Waals surface area contributed by atoms with Crippen LogP contribution in [0.15, 0.2) is 0 Å². The molecular formula is C18H38N2. The van der Waals surface area contributed by atoms with Gasteiger partial charge < -0.3 is 5.32 Å². The van der Waals surface area contributed by atoms with E-state index in [0.717, 1.165) is 37.0 Å². The van der Waals surface area contributed by atoms with E-state index in [9.17, 15) is 0 Å². The number of rotatable bonds is 9. The molecule has 1 rings (SSSR count). The summed E-state index contributed by atoms with van der Waals surface area (Å²) in [5, 5.41) is 3.67. The molecule has 0 radical (unpaired) electrons. The van der Waals surface area contributed by atoms with Gasteiger partial charge in [0.2, 0.25) is 0 Å². The van der Waals surface area contributed by atoms with Gasteiger partial charge in [0.15, 0.2) is 0 Å². The molecule has 120 valence electrons. The number of nitrogens with zero attached hydrogens (tertiary/aromatic N) is 1. The summed E-state index contributed by atoms with van der Waals surface area (Å²) in [5.74, 6) is 1.76. The average molecular weight is 283 g/mol. The van der Waals surface area contributed by atoms with Crippen molar-refractivity contribution in [1.82, 2.24) is 10.2 Å². The van der Waals surface area contributed by atoms with E-state index in [-0.39, 0.29) is 0 Å². The first-order valence-corrected chi connectivity index (χ1v) is 9.01. The normalized spacial score (nSPS) is 25.4. The molecule has 0 amide bonds. The van der Waals surface area contributed by atoms with Crippen LogP contribution in [0, 0.1) is 11.8 Å². The van der Waals surface area contributed by atoms with Crippen LogP contribution in [0.2, 0.25) is 0 Å². The van der Waals surface area contributed by atoms with E-state index in [1.165, 1.54) is 44.9 Å². The van der Waals surface area contributed by atoms with E-state index in [1.54, 1.807) is 0 Å². The van der Waals surface area contributed by atoms with Crippen LogP contribution in [0.1, 0.15) is 72.6 Å². The Morgan fingerprint density at radius 3 is 2.20 bits per heavy atom. The molecule has 1 saturated carbocycles. The van der Waals surface area contributed by atoms with Gasteiger partial charge in [0.25, 0.3) is 0 Å². The van der Waals surface area contributed by atoms with E-state index in [1.807, 2.05) is 0 Å². The molecule has 1 N–H and O–H groups in total. The number of likely N-dealkylation sites (N-methyl/N-ethyl adjacent to an activating group) is 1. The van der Waals surface area contributed by atoms with Crippen molar-refractivity contribution < 1.29 is 0 Å². The van der Waals surface area contributed by atoms with E-state index in [4.69, 9.17) is 0 Å². The van der Waals surface area contributed by atoms with Gasteiger partial charge >= 0.3 is 0 Å². The Balaban J connectivity index is 2.40. The fraction of sp³-hybridized carbons (Fsp3) is 1.00. The molecule has 0 spiro atoms. The Morgan fingerprint density at radius 2 is 1.70 bits per heavy atom. The Morgan fingerprint density at radius 1 is 1.05 bits per heavy atom. The quantitative estimate of drug-likeness (QED) is 0.678. The summed E-state index contributed by atoms with van der Waals surface area (Å²) < 4.78 is 0. The molecule has 1 atom stereocenters. The minimum Gasteiger partial charge on any atom is -0.315 e. The monoisotopic (exact) mass is 282 g/mol. The van der Waals surface area contributed by atoms with Gasteiger partial charge in [-0.1, -0.05) is 40.5 Å². The Labute approximate surface area is 127 Å². The SMILES string of the molecule is CCCC(CNCC(C)C)N(C)C1CCC(CC)CC1. The minimum atomic E-state index is 0.724. The average Bonchev–Trinajstić information content (AvgIpc) is 2.45. The lowest BCUT2D eigenvalue weighted by molar-refractivity contribution is 0.111. The van der Waals surface area contributed by atoms with E-state index in [2.05, 4.69) is 45.0 Å². The van der Waals surface area contributed by atoms with Crippen molar-refractivity contribution in [3.05, 3.63) is 0 Å². The Hall–Kier alpha value is -0.0800. The zero-order valence-electron chi connectivity index (χ0n) is 14.6. The first-order chi connectivity index (χ1) is 9.58. The standard InChI is InChI=1S/C18H38N2/c1-6-8-18(14-19-13-15(3)4)20(5)17-11-9-16(7-2)10-12-17/h15-19H,6-14H2,1-5H3. The smallest absolute Gasteiger partial charge is 0.0220 e. The fourth-order valence-corrected chi connectivity index (χ4v) is 3.58. The second kappa shape index (κ2) is 9.78. The minimum absolute atomic E-state index is 0.724. The van der Waals surface area contributed by atoms with Crippen molar-refractivity contribution in [2.75, 3.05) is 20.1 Å². The highest BCUT2D eigenvalue weighted by Crippen LogP contribution is 2.30. The predicted molar refractivity (Wildman–Crippen MR) is 90.2 cm³/mol. The highest BCUT2D eigenvalue weighted by Gasteiger charge is 2.26. The summed E-state index contributed by atoms with van der Waals surface area (Å²) in [7, 11) is 2.37. The maximum absolute atomic E-state index is 3.67. The molecule has 0 heterocycles. The van der Waals surface area contributed by atoms with Crippen LogP contribution in [0.5, 0.6) is 0 Å². The fourth-order valence-electron chi connectivity index (χ4n) is 3.58. The van der Waals surface area contributed by atoms with Gasteiger partial charge in [0, 0.05) is 18.6 Å². The molecule has 2 nitrogen and oxygen atoms in total. The van der Waals surface area contributed by atoms with E-state index < -0.39 is 0 Å².